The van der Waals surface area contributed by atoms with E-state index in [0.717, 1.165) is 10.4 Å². The molecule has 0 unspecified atom stereocenters. The maximum absolute atomic E-state index is 14.6. The van der Waals surface area contributed by atoms with Gasteiger partial charge in [0.1, 0.15) is 18.4 Å². The van der Waals surface area contributed by atoms with Gasteiger partial charge in [0, 0.05) is 42.3 Å². The molecule has 0 aliphatic carbocycles. The van der Waals surface area contributed by atoms with Crippen LogP contribution in [0.25, 0.3) is 0 Å². The molecule has 2 aromatic rings. The summed E-state index contributed by atoms with van der Waals surface area (Å²) in [5, 5.41) is 3.29. The molecular formula is C23H29Cl2FN4O4S. The SMILES string of the molecule is CC(C)NC(=O)[C@H](C)N(Cc1c(Cl)cccc1Cl)C(=O)CN(c1ccccc1F)S(=O)(=O)N(C)C. The summed E-state index contributed by atoms with van der Waals surface area (Å²) in [5.41, 5.74) is 0.0887. The standard InChI is InChI=1S/C23H29Cl2FN4O4S/c1-15(2)27-23(32)16(3)29(13-17-18(24)9-8-10-19(17)25)22(31)14-30(35(33,34)28(4)5)21-12-7-6-11-20(21)26/h6-12,15-16H,13-14H2,1-5H3,(H,27,32)/t16-/m0/s1. The third kappa shape index (κ3) is 7.07. The number of hydrogen-bond donors (Lipinski definition) is 1. The van der Waals surface area contributed by atoms with Crippen LogP contribution in [0.15, 0.2) is 42.5 Å². The Balaban J connectivity index is 2.53. The van der Waals surface area contributed by atoms with Crippen LogP contribution < -0.4 is 9.62 Å². The highest BCUT2D eigenvalue weighted by atomic mass is 35.5. The minimum atomic E-state index is -4.27. The first-order valence-electron chi connectivity index (χ1n) is 10.7. The summed E-state index contributed by atoms with van der Waals surface area (Å²) >= 11 is 12.6. The number of amides is 2. The van der Waals surface area contributed by atoms with E-state index in [1.54, 1.807) is 32.0 Å². The molecule has 0 saturated heterocycles. The van der Waals surface area contributed by atoms with Crippen LogP contribution in [0.4, 0.5) is 10.1 Å². The van der Waals surface area contributed by atoms with Crippen molar-refractivity contribution >= 4 is 50.9 Å². The van der Waals surface area contributed by atoms with Crippen LogP contribution in [0, 0.1) is 5.82 Å². The fourth-order valence-electron chi connectivity index (χ4n) is 3.20. The molecule has 2 aromatic carbocycles. The van der Waals surface area contributed by atoms with E-state index in [-0.39, 0.29) is 28.3 Å². The van der Waals surface area contributed by atoms with Gasteiger partial charge in [0.15, 0.2) is 0 Å². The Morgan fingerprint density at radius 3 is 2.09 bits per heavy atom. The average molecular weight is 547 g/mol. The van der Waals surface area contributed by atoms with Crippen molar-refractivity contribution in [3.63, 3.8) is 0 Å². The topological polar surface area (TPSA) is 90.0 Å². The minimum Gasteiger partial charge on any atom is -0.352 e. The van der Waals surface area contributed by atoms with Gasteiger partial charge in [0.05, 0.1) is 5.69 Å². The average Bonchev–Trinajstić information content (AvgIpc) is 2.76. The molecule has 0 bridgehead atoms. The van der Waals surface area contributed by atoms with Crippen LogP contribution in [-0.2, 0) is 26.3 Å². The second-order valence-electron chi connectivity index (χ2n) is 8.31. The van der Waals surface area contributed by atoms with Crippen molar-refractivity contribution in [2.75, 3.05) is 24.9 Å². The van der Waals surface area contributed by atoms with E-state index in [2.05, 4.69) is 5.32 Å². The molecule has 0 saturated carbocycles. The minimum absolute atomic E-state index is 0.169. The number of carbonyl (C=O) groups excluding carboxylic acids is 2. The number of nitrogens with one attached hydrogen (secondary N) is 1. The zero-order chi connectivity index (χ0) is 26.5. The second kappa shape index (κ2) is 12.0. The lowest BCUT2D eigenvalue weighted by molar-refractivity contribution is -0.139. The van der Waals surface area contributed by atoms with E-state index in [0.29, 0.717) is 9.87 Å². The molecule has 1 atom stereocenters. The first kappa shape index (κ1) is 28.8. The number of benzene rings is 2. The summed E-state index contributed by atoms with van der Waals surface area (Å²) < 4.78 is 42.3. The number of hydrogen-bond acceptors (Lipinski definition) is 4. The maximum Gasteiger partial charge on any atom is 0.304 e. The van der Waals surface area contributed by atoms with Gasteiger partial charge in [0.25, 0.3) is 0 Å². The summed E-state index contributed by atoms with van der Waals surface area (Å²) in [5.74, 6) is -2.03. The molecular weight excluding hydrogens is 518 g/mol. The fourth-order valence-corrected chi connectivity index (χ4v) is 4.78. The van der Waals surface area contributed by atoms with Gasteiger partial charge in [-0.2, -0.15) is 12.7 Å². The number of anilines is 1. The molecule has 0 aromatic heterocycles. The number of rotatable bonds is 10. The highest BCUT2D eigenvalue weighted by Gasteiger charge is 2.34. The Hall–Kier alpha value is -2.40. The Morgan fingerprint density at radius 1 is 1.00 bits per heavy atom. The number of halogens is 3. The van der Waals surface area contributed by atoms with Crippen molar-refractivity contribution in [3.8, 4) is 0 Å². The summed E-state index contributed by atoms with van der Waals surface area (Å²) in [4.78, 5) is 27.6. The predicted molar refractivity (Wildman–Crippen MR) is 136 cm³/mol. The Bertz CT molecular complexity index is 1160. The van der Waals surface area contributed by atoms with Crippen LogP contribution in [0.3, 0.4) is 0 Å². The Labute approximate surface area is 215 Å². The van der Waals surface area contributed by atoms with Crippen molar-refractivity contribution in [2.24, 2.45) is 0 Å². The third-order valence-electron chi connectivity index (χ3n) is 5.13. The molecule has 0 aliphatic heterocycles. The van der Waals surface area contributed by atoms with Crippen LogP contribution in [-0.4, -0.2) is 62.2 Å². The lowest BCUT2D eigenvalue weighted by Gasteiger charge is -2.33. The van der Waals surface area contributed by atoms with E-state index >= 15 is 0 Å². The molecule has 0 heterocycles. The molecule has 2 rings (SSSR count). The van der Waals surface area contributed by atoms with E-state index < -0.39 is 40.4 Å². The van der Waals surface area contributed by atoms with Gasteiger partial charge in [-0.3, -0.25) is 9.59 Å². The van der Waals surface area contributed by atoms with E-state index in [9.17, 15) is 22.4 Å². The fraction of sp³-hybridized carbons (Fsp3) is 0.391. The van der Waals surface area contributed by atoms with Crippen molar-refractivity contribution in [3.05, 3.63) is 63.9 Å². The lowest BCUT2D eigenvalue weighted by atomic mass is 10.1. The van der Waals surface area contributed by atoms with Gasteiger partial charge < -0.3 is 10.2 Å². The van der Waals surface area contributed by atoms with Gasteiger partial charge in [-0.15, -0.1) is 0 Å². The predicted octanol–water partition coefficient (Wildman–Crippen LogP) is 3.69. The summed E-state index contributed by atoms with van der Waals surface area (Å²) in [6.45, 7) is 4.12. The van der Waals surface area contributed by atoms with Crippen LogP contribution in [0.5, 0.6) is 0 Å². The normalized spacial score (nSPS) is 12.5. The van der Waals surface area contributed by atoms with Crippen molar-refractivity contribution < 1.29 is 22.4 Å². The van der Waals surface area contributed by atoms with E-state index in [4.69, 9.17) is 23.2 Å². The summed E-state index contributed by atoms with van der Waals surface area (Å²) in [6.07, 6.45) is 0. The van der Waals surface area contributed by atoms with Gasteiger partial charge in [0.2, 0.25) is 11.8 Å². The molecule has 1 N–H and O–H groups in total. The van der Waals surface area contributed by atoms with E-state index in [1.807, 2.05) is 0 Å². The molecule has 0 radical (unpaired) electrons. The molecule has 0 aliphatic rings. The zero-order valence-electron chi connectivity index (χ0n) is 20.1. The molecule has 35 heavy (non-hydrogen) atoms. The third-order valence-corrected chi connectivity index (χ3v) is 7.64. The molecule has 0 fully saturated rings. The molecule has 2 amide bonds. The highest BCUT2D eigenvalue weighted by Crippen LogP contribution is 2.28. The second-order valence-corrected chi connectivity index (χ2v) is 11.2. The van der Waals surface area contributed by atoms with Gasteiger partial charge in [-0.05, 0) is 45.0 Å². The molecule has 0 spiro atoms. The highest BCUT2D eigenvalue weighted by molar-refractivity contribution is 7.90. The van der Waals surface area contributed by atoms with Gasteiger partial charge >= 0.3 is 10.2 Å². The quantitative estimate of drug-likeness (QED) is 0.492. The van der Waals surface area contributed by atoms with Gasteiger partial charge in [-0.25, -0.2) is 8.70 Å². The molecule has 12 heteroatoms. The Morgan fingerprint density at radius 2 is 1.57 bits per heavy atom. The number of para-hydroxylation sites is 1. The van der Waals surface area contributed by atoms with Crippen LogP contribution in [0.2, 0.25) is 10.0 Å². The van der Waals surface area contributed by atoms with Crippen LogP contribution in [0.1, 0.15) is 26.3 Å². The van der Waals surface area contributed by atoms with Gasteiger partial charge in [-0.1, -0.05) is 41.4 Å². The first-order valence-corrected chi connectivity index (χ1v) is 12.9. The largest absolute Gasteiger partial charge is 0.352 e. The molecule has 192 valence electrons. The smallest absolute Gasteiger partial charge is 0.304 e. The summed E-state index contributed by atoms with van der Waals surface area (Å²) in [6, 6.07) is 8.83. The summed E-state index contributed by atoms with van der Waals surface area (Å²) in [7, 11) is -1.73. The first-order chi connectivity index (χ1) is 16.3. The maximum atomic E-state index is 14.6. The Kier molecular flexibility index (Phi) is 9.91. The van der Waals surface area contributed by atoms with E-state index in [1.165, 1.54) is 44.1 Å². The zero-order valence-corrected chi connectivity index (χ0v) is 22.5. The van der Waals surface area contributed by atoms with Crippen molar-refractivity contribution in [1.82, 2.24) is 14.5 Å². The van der Waals surface area contributed by atoms with Crippen LogP contribution >= 0.6 is 23.2 Å². The van der Waals surface area contributed by atoms with Crippen molar-refractivity contribution in [1.29, 1.82) is 0 Å². The lowest BCUT2D eigenvalue weighted by Crippen LogP contribution is -2.53. The number of nitrogens with zero attached hydrogens (tertiary/aromatic N) is 3. The monoisotopic (exact) mass is 546 g/mol. The van der Waals surface area contributed by atoms with Crippen molar-refractivity contribution in [2.45, 2.75) is 39.4 Å². The number of carbonyl (C=O) groups is 2. The molecule has 8 nitrogen and oxygen atoms in total.